The van der Waals surface area contributed by atoms with Crippen molar-refractivity contribution < 1.29 is 9.53 Å². The Kier molecular flexibility index (Phi) is 11.4. The fraction of sp³-hybridized carbons (Fsp3) is 0.824. The summed E-state index contributed by atoms with van der Waals surface area (Å²) < 4.78 is 4.88. The van der Waals surface area contributed by atoms with Gasteiger partial charge in [-0.1, -0.05) is 82.9 Å². The highest BCUT2D eigenvalue weighted by Crippen LogP contribution is 2.25. The van der Waals surface area contributed by atoms with Crippen molar-refractivity contribution in [3.8, 4) is 0 Å². The van der Waals surface area contributed by atoms with Crippen LogP contribution in [0.15, 0.2) is 5.16 Å². The van der Waals surface area contributed by atoms with Gasteiger partial charge >= 0.3 is 5.97 Å². The molecule has 0 saturated carbocycles. The van der Waals surface area contributed by atoms with E-state index in [1.165, 1.54) is 70.2 Å². The van der Waals surface area contributed by atoms with E-state index in [2.05, 4.69) is 22.1 Å². The van der Waals surface area contributed by atoms with E-state index in [0.29, 0.717) is 5.16 Å². The number of thioether (sulfide) groups is 1. The first kappa shape index (κ1) is 20.8. The molecule has 1 aromatic rings. The van der Waals surface area contributed by atoms with Crippen LogP contribution in [0, 0.1) is 0 Å². The number of hydrogen-bond donors (Lipinski definition) is 2. The van der Waals surface area contributed by atoms with Gasteiger partial charge in [0.15, 0.2) is 0 Å². The third-order valence-electron chi connectivity index (χ3n) is 4.01. The van der Waals surface area contributed by atoms with E-state index in [1.54, 1.807) is 0 Å². The Hall–Kier alpha value is -1.24. The molecule has 6 nitrogen and oxygen atoms in total. The fourth-order valence-corrected chi connectivity index (χ4v) is 3.59. The second-order valence-corrected chi connectivity index (χ2v) is 7.27. The number of carbonyl (C=O) groups excluding carboxylic acids is 1. The first-order valence-electron chi connectivity index (χ1n) is 9.09. The molecule has 3 N–H and O–H groups in total. The minimum Gasteiger partial charge on any atom is -0.468 e. The van der Waals surface area contributed by atoms with E-state index in [0.717, 1.165) is 19.3 Å². The third kappa shape index (κ3) is 9.15. The van der Waals surface area contributed by atoms with Crippen molar-refractivity contribution in [1.82, 2.24) is 15.2 Å². The Balaban J connectivity index is 2.13. The van der Waals surface area contributed by atoms with Crippen LogP contribution in [0.4, 0.5) is 5.95 Å². The van der Waals surface area contributed by atoms with Crippen molar-refractivity contribution in [2.45, 2.75) is 88.0 Å². The predicted molar refractivity (Wildman–Crippen MR) is 98.9 cm³/mol. The number of rotatable bonds is 14. The van der Waals surface area contributed by atoms with Gasteiger partial charge in [-0.15, -0.1) is 5.10 Å². The molecule has 1 rings (SSSR count). The largest absolute Gasteiger partial charge is 0.468 e. The van der Waals surface area contributed by atoms with Crippen molar-refractivity contribution in [3.63, 3.8) is 0 Å². The summed E-state index contributed by atoms with van der Waals surface area (Å²) in [5.41, 5.74) is 5.51. The lowest BCUT2D eigenvalue weighted by Crippen LogP contribution is -2.19. The van der Waals surface area contributed by atoms with Crippen LogP contribution in [0.5, 0.6) is 0 Å². The summed E-state index contributed by atoms with van der Waals surface area (Å²) in [4.78, 5) is 15.9. The Morgan fingerprint density at radius 3 is 2.21 bits per heavy atom. The molecule has 24 heavy (non-hydrogen) atoms. The molecular weight excluding hydrogens is 324 g/mol. The second kappa shape index (κ2) is 13.1. The SMILES string of the molecule is CCCCCCCCCCCCC(Sc1n[nH]c(N)n1)C(=O)OC. The number of esters is 1. The topological polar surface area (TPSA) is 93.9 Å². The summed E-state index contributed by atoms with van der Waals surface area (Å²) in [5.74, 6) is 0.0411. The van der Waals surface area contributed by atoms with Gasteiger partial charge in [0, 0.05) is 0 Å². The van der Waals surface area contributed by atoms with Crippen molar-refractivity contribution in [2.75, 3.05) is 12.8 Å². The van der Waals surface area contributed by atoms with Gasteiger partial charge in [-0.3, -0.25) is 4.79 Å². The molecule has 1 unspecified atom stereocenters. The first-order chi connectivity index (χ1) is 11.7. The van der Waals surface area contributed by atoms with Gasteiger partial charge in [0.05, 0.1) is 7.11 Å². The van der Waals surface area contributed by atoms with E-state index >= 15 is 0 Å². The average molecular weight is 357 g/mol. The molecule has 1 aromatic heterocycles. The normalized spacial score (nSPS) is 12.2. The van der Waals surface area contributed by atoms with Crippen molar-refractivity contribution in [2.24, 2.45) is 0 Å². The van der Waals surface area contributed by atoms with Gasteiger partial charge in [-0.25, -0.2) is 5.10 Å². The number of unbranched alkanes of at least 4 members (excludes halogenated alkanes) is 9. The third-order valence-corrected chi connectivity index (χ3v) is 5.12. The van der Waals surface area contributed by atoms with Gasteiger partial charge in [0.25, 0.3) is 0 Å². The number of aromatic amines is 1. The first-order valence-corrected chi connectivity index (χ1v) is 9.97. The van der Waals surface area contributed by atoms with Gasteiger partial charge in [-0.05, 0) is 6.42 Å². The Morgan fingerprint density at radius 1 is 1.12 bits per heavy atom. The number of methoxy groups -OCH3 is 1. The molecule has 0 fully saturated rings. The number of nitrogens with one attached hydrogen (secondary N) is 1. The van der Waals surface area contributed by atoms with E-state index in [1.807, 2.05) is 0 Å². The maximum atomic E-state index is 11.9. The fourth-order valence-electron chi connectivity index (χ4n) is 2.61. The number of nitrogens with two attached hydrogens (primary N) is 1. The summed E-state index contributed by atoms with van der Waals surface area (Å²) >= 11 is 1.31. The van der Waals surface area contributed by atoms with Crippen LogP contribution in [-0.4, -0.2) is 33.5 Å². The molecule has 7 heteroatoms. The van der Waals surface area contributed by atoms with Crippen LogP contribution >= 0.6 is 11.8 Å². The highest BCUT2D eigenvalue weighted by Gasteiger charge is 2.22. The average Bonchev–Trinajstić information content (AvgIpc) is 2.99. The van der Waals surface area contributed by atoms with Gasteiger partial charge in [0.1, 0.15) is 5.25 Å². The molecule has 0 spiro atoms. The lowest BCUT2D eigenvalue weighted by molar-refractivity contribution is -0.140. The van der Waals surface area contributed by atoms with Crippen LogP contribution in [0.25, 0.3) is 0 Å². The molecule has 0 aromatic carbocycles. The quantitative estimate of drug-likeness (QED) is 0.293. The van der Waals surface area contributed by atoms with Crippen molar-refractivity contribution in [1.29, 1.82) is 0 Å². The van der Waals surface area contributed by atoms with Crippen LogP contribution in [0.3, 0.4) is 0 Å². The standard InChI is InChI=1S/C17H32N4O2S/c1-3-4-5-6-7-8-9-10-11-12-13-14(15(22)23-2)24-17-19-16(18)20-21-17/h14H,3-13H2,1-2H3,(H3,18,19,20,21). The highest BCUT2D eigenvalue weighted by molar-refractivity contribution is 8.00. The minimum atomic E-state index is -0.265. The molecule has 0 radical (unpaired) electrons. The Labute approximate surface area is 149 Å². The van der Waals surface area contributed by atoms with Crippen LogP contribution < -0.4 is 5.73 Å². The monoisotopic (exact) mass is 356 g/mol. The molecule has 1 atom stereocenters. The molecule has 0 saturated heterocycles. The lowest BCUT2D eigenvalue weighted by atomic mass is 10.1. The molecule has 0 amide bonds. The number of anilines is 1. The lowest BCUT2D eigenvalue weighted by Gasteiger charge is -2.12. The van der Waals surface area contributed by atoms with E-state index in [-0.39, 0.29) is 17.2 Å². The van der Waals surface area contributed by atoms with Crippen LogP contribution in [0.1, 0.15) is 77.6 Å². The molecule has 138 valence electrons. The molecule has 0 bridgehead atoms. The molecule has 0 aliphatic carbocycles. The van der Waals surface area contributed by atoms with Crippen molar-refractivity contribution in [3.05, 3.63) is 0 Å². The predicted octanol–water partition coefficient (Wildman–Crippen LogP) is 4.33. The van der Waals surface area contributed by atoms with Crippen LogP contribution in [-0.2, 0) is 9.53 Å². The van der Waals surface area contributed by atoms with Crippen LogP contribution in [0.2, 0.25) is 0 Å². The van der Waals surface area contributed by atoms with E-state index in [9.17, 15) is 4.79 Å². The number of H-pyrrole nitrogens is 1. The van der Waals surface area contributed by atoms with E-state index < -0.39 is 0 Å². The summed E-state index contributed by atoms with van der Waals surface area (Å²) in [6.07, 6.45) is 13.6. The Bertz CT molecular complexity index is 454. The van der Waals surface area contributed by atoms with Crippen molar-refractivity contribution >= 4 is 23.7 Å². The zero-order valence-corrected chi connectivity index (χ0v) is 15.9. The molecule has 0 aliphatic heterocycles. The second-order valence-electron chi connectivity index (χ2n) is 6.10. The number of nitrogen functional groups attached to an aromatic ring is 1. The summed E-state index contributed by atoms with van der Waals surface area (Å²) in [5, 5.41) is 6.78. The number of ether oxygens (including phenoxy) is 1. The van der Waals surface area contributed by atoms with Gasteiger partial charge < -0.3 is 10.5 Å². The van der Waals surface area contributed by atoms with Gasteiger partial charge in [-0.2, -0.15) is 4.98 Å². The number of nitrogens with zero attached hydrogens (tertiary/aromatic N) is 2. The summed E-state index contributed by atoms with van der Waals surface area (Å²) in [7, 11) is 1.42. The highest BCUT2D eigenvalue weighted by atomic mass is 32.2. The summed E-state index contributed by atoms with van der Waals surface area (Å²) in [6.45, 7) is 2.25. The minimum absolute atomic E-state index is 0.223. The number of aromatic nitrogens is 3. The number of carbonyl (C=O) groups is 1. The zero-order chi connectivity index (χ0) is 17.6. The summed E-state index contributed by atoms with van der Waals surface area (Å²) in [6, 6.07) is 0. The molecular formula is C17H32N4O2S. The number of hydrogen-bond acceptors (Lipinski definition) is 6. The van der Waals surface area contributed by atoms with E-state index in [4.69, 9.17) is 10.5 Å². The zero-order valence-electron chi connectivity index (χ0n) is 15.1. The molecule has 1 heterocycles. The molecule has 0 aliphatic rings. The maximum Gasteiger partial charge on any atom is 0.319 e. The maximum absolute atomic E-state index is 11.9. The smallest absolute Gasteiger partial charge is 0.319 e. The Morgan fingerprint density at radius 2 is 1.71 bits per heavy atom. The van der Waals surface area contributed by atoms with Gasteiger partial charge in [0.2, 0.25) is 11.1 Å².